The van der Waals surface area contributed by atoms with E-state index in [4.69, 9.17) is 0 Å². The lowest BCUT2D eigenvalue weighted by Crippen LogP contribution is -1.88. The van der Waals surface area contributed by atoms with E-state index >= 15 is 0 Å². The van der Waals surface area contributed by atoms with E-state index in [9.17, 15) is 9.59 Å². The molecule has 60 valence electrons. The number of allylic oxidation sites excluding steroid dienone is 3. The maximum atomic E-state index is 10.1. The molecule has 0 aromatic carbocycles. The summed E-state index contributed by atoms with van der Waals surface area (Å²) in [5.41, 5.74) is 0.652. The van der Waals surface area contributed by atoms with Crippen LogP contribution in [0.4, 0.5) is 0 Å². The molecule has 1 atom stereocenters. The van der Waals surface area contributed by atoms with Gasteiger partial charge in [0.05, 0.1) is 0 Å². The molecule has 0 aromatic rings. The van der Waals surface area contributed by atoms with Gasteiger partial charge in [-0.3, -0.25) is 0 Å². The standard InChI is InChI=1S/C9H12O2/c1-8(6-10)4-3-5-9(2)7-11/h3-4,6,8H,5H2,1-2H3/b4-3+. The Labute approximate surface area is 66.6 Å². The van der Waals surface area contributed by atoms with Gasteiger partial charge in [0.2, 0.25) is 0 Å². The van der Waals surface area contributed by atoms with Crippen molar-refractivity contribution in [2.75, 3.05) is 0 Å². The lowest BCUT2D eigenvalue weighted by atomic mass is 10.1. The number of hydrogen-bond acceptors (Lipinski definition) is 2. The summed E-state index contributed by atoms with van der Waals surface area (Å²) in [5, 5.41) is 0. The smallest absolute Gasteiger partial charge is 0.126 e. The molecule has 1 unspecified atom stereocenters. The molecule has 0 heterocycles. The van der Waals surface area contributed by atoms with Crippen LogP contribution in [0.2, 0.25) is 0 Å². The molecule has 0 aliphatic rings. The first-order valence-electron chi connectivity index (χ1n) is 3.53. The van der Waals surface area contributed by atoms with Crippen molar-refractivity contribution >= 4 is 12.2 Å². The molecule has 0 aromatic heterocycles. The Morgan fingerprint density at radius 1 is 1.64 bits per heavy atom. The summed E-state index contributed by atoms with van der Waals surface area (Å²) in [4.78, 5) is 20.1. The van der Waals surface area contributed by atoms with Crippen LogP contribution in [0.5, 0.6) is 0 Å². The van der Waals surface area contributed by atoms with Gasteiger partial charge in [0, 0.05) is 11.5 Å². The molecule has 0 N–H and O–H groups in total. The molecule has 0 amide bonds. The molecule has 0 saturated heterocycles. The second-order valence-corrected chi connectivity index (χ2v) is 2.51. The SMILES string of the molecule is CC(=C=O)C/C=C/C(C)C=O. The second kappa shape index (κ2) is 5.63. The van der Waals surface area contributed by atoms with E-state index in [2.05, 4.69) is 0 Å². The summed E-state index contributed by atoms with van der Waals surface area (Å²) >= 11 is 0. The highest BCUT2D eigenvalue weighted by atomic mass is 16.1. The molecule has 2 heteroatoms. The zero-order chi connectivity index (χ0) is 8.69. The van der Waals surface area contributed by atoms with Crippen molar-refractivity contribution in [3.05, 3.63) is 17.7 Å². The molecule has 0 aliphatic heterocycles. The van der Waals surface area contributed by atoms with Gasteiger partial charge in [0.1, 0.15) is 12.2 Å². The third kappa shape index (κ3) is 5.31. The predicted molar refractivity (Wildman–Crippen MR) is 43.9 cm³/mol. The van der Waals surface area contributed by atoms with Crippen molar-refractivity contribution in [2.24, 2.45) is 5.92 Å². The molecule has 0 saturated carbocycles. The molecule has 0 fully saturated rings. The van der Waals surface area contributed by atoms with Gasteiger partial charge in [-0.1, -0.05) is 19.1 Å². The largest absolute Gasteiger partial charge is 0.303 e. The molecule has 0 aliphatic carbocycles. The van der Waals surface area contributed by atoms with Gasteiger partial charge in [0.25, 0.3) is 0 Å². The molecule has 0 rings (SSSR count). The van der Waals surface area contributed by atoms with Crippen LogP contribution in [0.15, 0.2) is 17.7 Å². The summed E-state index contributed by atoms with van der Waals surface area (Å²) in [6.45, 7) is 3.51. The minimum absolute atomic E-state index is 0.0607. The average molecular weight is 152 g/mol. The van der Waals surface area contributed by atoms with E-state index in [1.165, 1.54) is 0 Å². The summed E-state index contributed by atoms with van der Waals surface area (Å²) in [6.07, 6.45) is 5.02. The van der Waals surface area contributed by atoms with Gasteiger partial charge in [-0.25, -0.2) is 4.79 Å². The van der Waals surface area contributed by atoms with Crippen molar-refractivity contribution in [2.45, 2.75) is 20.3 Å². The fourth-order valence-electron chi connectivity index (χ4n) is 0.546. The molecular formula is C9H12O2. The quantitative estimate of drug-likeness (QED) is 0.348. The Hall–Kier alpha value is -1.14. The lowest BCUT2D eigenvalue weighted by molar-refractivity contribution is -0.109. The third-order valence-electron chi connectivity index (χ3n) is 1.25. The normalized spacial score (nSPS) is 12.5. The number of hydrogen-bond donors (Lipinski definition) is 0. The van der Waals surface area contributed by atoms with E-state index in [1.54, 1.807) is 31.9 Å². The van der Waals surface area contributed by atoms with Gasteiger partial charge >= 0.3 is 0 Å². The minimum atomic E-state index is -0.0607. The lowest BCUT2D eigenvalue weighted by Gasteiger charge is -1.91. The Bertz CT molecular complexity index is 198. The average Bonchev–Trinajstić information content (AvgIpc) is 2.04. The van der Waals surface area contributed by atoms with Crippen molar-refractivity contribution in [1.82, 2.24) is 0 Å². The Balaban J connectivity index is 3.77. The highest BCUT2D eigenvalue weighted by Crippen LogP contribution is 1.98. The predicted octanol–water partition coefficient (Wildman–Crippen LogP) is 1.55. The van der Waals surface area contributed by atoms with Crippen LogP contribution in [-0.4, -0.2) is 12.2 Å². The monoisotopic (exact) mass is 152 g/mol. The van der Waals surface area contributed by atoms with Crippen LogP contribution in [0, 0.1) is 5.92 Å². The van der Waals surface area contributed by atoms with Crippen LogP contribution in [0.25, 0.3) is 0 Å². The van der Waals surface area contributed by atoms with Crippen molar-refractivity contribution < 1.29 is 9.59 Å². The van der Waals surface area contributed by atoms with E-state index < -0.39 is 0 Å². The first kappa shape index (κ1) is 9.86. The number of carbonyl (C=O) groups excluding carboxylic acids is 2. The van der Waals surface area contributed by atoms with E-state index in [1.807, 2.05) is 0 Å². The zero-order valence-corrected chi connectivity index (χ0v) is 6.83. The highest BCUT2D eigenvalue weighted by molar-refractivity contribution is 5.56. The van der Waals surface area contributed by atoms with Crippen LogP contribution in [0.3, 0.4) is 0 Å². The number of aldehydes is 1. The van der Waals surface area contributed by atoms with Gasteiger partial charge in [-0.2, -0.15) is 0 Å². The maximum Gasteiger partial charge on any atom is 0.126 e. The van der Waals surface area contributed by atoms with Crippen molar-refractivity contribution in [1.29, 1.82) is 0 Å². The zero-order valence-electron chi connectivity index (χ0n) is 6.83. The van der Waals surface area contributed by atoms with Crippen LogP contribution in [0.1, 0.15) is 20.3 Å². The summed E-state index contributed by atoms with van der Waals surface area (Å²) in [6, 6.07) is 0. The van der Waals surface area contributed by atoms with E-state index in [0.29, 0.717) is 12.0 Å². The number of carbonyl (C=O) groups is 1. The molecule has 11 heavy (non-hydrogen) atoms. The summed E-state index contributed by atoms with van der Waals surface area (Å²) in [5.74, 6) is 1.72. The highest BCUT2D eigenvalue weighted by Gasteiger charge is 1.90. The van der Waals surface area contributed by atoms with Gasteiger partial charge < -0.3 is 4.79 Å². The van der Waals surface area contributed by atoms with Gasteiger partial charge in [-0.15, -0.1) is 0 Å². The first-order chi connectivity index (χ1) is 5.20. The number of rotatable bonds is 4. The van der Waals surface area contributed by atoms with Crippen LogP contribution >= 0.6 is 0 Å². The third-order valence-corrected chi connectivity index (χ3v) is 1.25. The molecule has 0 bridgehead atoms. The van der Waals surface area contributed by atoms with Crippen molar-refractivity contribution in [3.63, 3.8) is 0 Å². The summed E-state index contributed by atoms with van der Waals surface area (Å²) in [7, 11) is 0. The fraction of sp³-hybridized carbons (Fsp3) is 0.444. The summed E-state index contributed by atoms with van der Waals surface area (Å²) < 4.78 is 0. The Morgan fingerprint density at radius 2 is 2.27 bits per heavy atom. The first-order valence-corrected chi connectivity index (χ1v) is 3.53. The minimum Gasteiger partial charge on any atom is -0.303 e. The second-order valence-electron chi connectivity index (χ2n) is 2.51. The van der Waals surface area contributed by atoms with Gasteiger partial charge in [0.15, 0.2) is 0 Å². The van der Waals surface area contributed by atoms with E-state index in [0.717, 1.165) is 6.29 Å². The fourth-order valence-corrected chi connectivity index (χ4v) is 0.546. The molecular weight excluding hydrogens is 140 g/mol. The Kier molecular flexibility index (Phi) is 5.05. The molecule has 0 radical (unpaired) electrons. The van der Waals surface area contributed by atoms with E-state index in [-0.39, 0.29) is 5.92 Å². The van der Waals surface area contributed by atoms with Crippen LogP contribution < -0.4 is 0 Å². The van der Waals surface area contributed by atoms with Crippen molar-refractivity contribution in [3.8, 4) is 0 Å². The van der Waals surface area contributed by atoms with Gasteiger partial charge in [-0.05, 0) is 13.3 Å². The maximum absolute atomic E-state index is 10.1. The molecule has 0 spiro atoms. The Morgan fingerprint density at radius 3 is 2.73 bits per heavy atom. The van der Waals surface area contributed by atoms with Crippen LogP contribution in [-0.2, 0) is 9.59 Å². The molecule has 2 nitrogen and oxygen atoms in total. The topological polar surface area (TPSA) is 34.1 Å².